The number of aromatic carboxylic acids is 1. The highest BCUT2D eigenvalue weighted by Gasteiger charge is 2.24. The molecule has 2 aromatic heterocycles. The molecular formula is C18H19N3O2. The lowest BCUT2D eigenvalue weighted by molar-refractivity contribution is 0.0690. The first kappa shape index (κ1) is 15.2. The number of fused-ring (bicyclic) bond motifs is 1. The Labute approximate surface area is 134 Å². The molecule has 0 aliphatic rings. The van der Waals surface area contributed by atoms with Gasteiger partial charge in [-0.2, -0.15) is 5.10 Å². The maximum Gasteiger partial charge on any atom is 0.354 e. The van der Waals surface area contributed by atoms with Crippen molar-refractivity contribution in [2.75, 3.05) is 0 Å². The van der Waals surface area contributed by atoms with Crippen LogP contribution in [0.1, 0.15) is 42.6 Å². The lowest BCUT2D eigenvalue weighted by atomic mass is 9.91. The topological polar surface area (TPSA) is 67.5 Å². The van der Waals surface area contributed by atoms with Crippen LogP contribution in [0.25, 0.3) is 16.8 Å². The molecule has 0 unspecified atom stereocenters. The van der Waals surface area contributed by atoms with E-state index in [1.165, 1.54) is 0 Å². The predicted molar refractivity (Wildman–Crippen MR) is 88.8 cm³/mol. The molecule has 0 saturated carbocycles. The van der Waals surface area contributed by atoms with E-state index in [1.807, 2.05) is 58.0 Å². The second kappa shape index (κ2) is 5.19. The molecule has 23 heavy (non-hydrogen) atoms. The van der Waals surface area contributed by atoms with Crippen molar-refractivity contribution in [2.24, 2.45) is 0 Å². The number of hydrogen-bond donors (Lipinski definition) is 1. The molecule has 0 amide bonds. The van der Waals surface area contributed by atoms with Crippen molar-refractivity contribution in [3.8, 4) is 11.1 Å². The van der Waals surface area contributed by atoms with Crippen LogP contribution in [0.3, 0.4) is 0 Å². The van der Waals surface area contributed by atoms with Crippen LogP contribution < -0.4 is 0 Å². The van der Waals surface area contributed by atoms with Crippen LogP contribution >= 0.6 is 0 Å². The smallest absolute Gasteiger partial charge is 0.354 e. The number of benzene rings is 1. The van der Waals surface area contributed by atoms with E-state index in [9.17, 15) is 9.90 Å². The van der Waals surface area contributed by atoms with Crippen LogP contribution in [0.5, 0.6) is 0 Å². The van der Waals surface area contributed by atoms with Crippen LogP contribution in [0.4, 0.5) is 0 Å². The van der Waals surface area contributed by atoms with Crippen molar-refractivity contribution < 1.29 is 9.90 Å². The van der Waals surface area contributed by atoms with Crippen LogP contribution in [-0.2, 0) is 5.41 Å². The van der Waals surface area contributed by atoms with Crippen LogP contribution in [0.2, 0.25) is 0 Å². The minimum Gasteiger partial charge on any atom is -0.477 e. The predicted octanol–water partition coefficient (Wildman–Crippen LogP) is 3.70. The summed E-state index contributed by atoms with van der Waals surface area (Å²) in [6, 6.07) is 11.4. The largest absolute Gasteiger partial charge is 0.477 e. The van der Waals surface area contributed by atoms with Gasteiger partial charge in [-0.3, -0.25) is 0 Å². The fourth-order valence-electron chi connectivity index (χ4n) is 2.71. The van der Waals surface area contributed by atoms with Crippen LogP contribution in [0, 0.1) is 6.92 Å². The number of carboxylic acids is 1. The molecule has 0 radical (unpaired) electrons. The molecule has 0 saturated heterocycles. The lowest BCUT2D eigenvalue weighted by Gasteiger charge is -2.20. The Balaban J connectivity index is 2.42. The van der Waals surface area contributed by atoms with E-state index < -0.39 is 5.97 Å². The molecule has 118 valence electrons. The average Bonchev–Trinajstić information content (AvgIpc) is 2.81. The molecule has 0 spiro atoms. The third kappa shape index (κ3) is 2.59. The first-order valence-electron chi connectivity index (χ1n) is 7.48. The van der Waals surface area contributed by atoms with E-state index in [0.717, 1.165) is 22.5 Å². The molecular weight excluding hydrogens is 290 g/mol. The summed E-state index contributed by atoms with van der Waals surface area (Å²) in [7, 11) is 0. The molecule has 3 rings (SSSR count). The minimum absolute atomic E-state index is 0.0412. The van der Waals surface area contributed by atoms with Gasteiger partial charge in [0, 0.05) is 11.0 Å². The Hall–Kier alpha value is -2.69. The summed E-state index contributed by atoms with van der Waals surface area (Å²) < 4.78 is 1.77. The molecule has 3 aromatic rings. The van der Waals surface area contributed by atoms with E-state index in [0.29, 0.717) is 5.65 Å². The number of nitrogens with zero attached hydrogens (tertiary/aromatic N) is 3. The molecule has 0 fully saturated rings. The first-order chi connectivity index (χ1) is 10.8. The zero-order valence-corrected chi connectivity index (χ0v) is 13.7. The minimum atomic E-state index is -1.03. The van der Waals surface area contributed by atoms with E-state index >= 15 is 0 Å². The maximum absolute atomic E-state index is 11.5. The standard InChI is InChI=1S/C18H19N3O2/c1-11-15(12-8-6-5-7-9-12)16-19-13(17(22)23)10-14(18(2,3)4)21(16)20-11/h5-10H,1-4H3,(H,22,23). The van der Waals surface area contributed by atoms with Crippen LogP contribution in [0.15, 0.2) is 36.4 Å². The van der Waals surface area contributed by atoms with Gasteiger partial charge >= 0.3 is 5.97 Å². The van der Waals surface area contributed by atoms with Gasteiger partial charge in [-0.1, -0.05) is 51.1 Å². The highest BCUT2D eigenvalue weighted by atomic mass is 16.4. The maximum atomic E-state index is 11.5. The molecule has 1 aromatic carbocycles. The van der Waals surface area contributed by atoms with Gasteiger partial charge in [0.1, 0.15) is 0 Å². The molecule has 5 heteroatoms. The van der Waals surface area contributed by atoms with Crippen molar-refractivity contribution in [3.63, 3.8) is 0 Å². The number of aryl methyl sites for hydroxylation is 1. The van der Waals surface area contributed by atoms with Gasteiger partial charge in [0.2, 0.25) is 0 Å². The van der Waals surface area contributed by atoms with E-state index in [-0.39, 0.29) is 11.1 Å². The molecule has 0 aliphatic heterocycles. The van der Waals surface area contributed by atoms with Crippen molar-refractivity contribution >= 4 is 11.6 Å². The van der Waals surface area contributed by atoms with Gasteiger partial charge in [0.05, 0.1) is 11.4 Å². The quantitative estimate of drug-likeness (QED) is 0.783. The number of rotatable bonds is 2. The number of aromatic nitrogens is 3. The molecule has 5 nitrogen and oxygen atoms in total. The number of hydrogen-bond acceptors (Lipinski definition) is 3. The van der Waals surface area contributed by atoms with E-state index in [4.69, 9.17) is 0 Å². The summed E-state index contributed by atoms with van der Waals surface area (Å²) >= 11 is 0. The third-order valence-corrected chi connectivity index (χ3v) is 3.81. The summed E-state index contributed by atoms with van der Waals surface area (Å²) in [5.74, 6) is -1.03. The second-order valence-electron chi connectivity index (χ2n) is 6.64. The van der Waals surface area contributed by atoms with Gasteiger partial charge in [-0.25, -0.2) is 14.3 Å². The van der Waals surface area contributed by atoms with Gasteiger partial charge < -0.3 is 5.11 Å². The Morgan fingerprint density at radius 3 is 2.39 bits per heavy atom. The Bertz CT molecular complexity index is 890. The monoisotopic (exact) mass is 309 g/mol. The van der Waals surface area contributed by atoms with Gasteiger partial charge in [0.25, 0.3) is 0 Å². The second-order valence-corrected chi connectivity index (χ2v) is 6.64. The van der Waals surface area contributed by atoms with Gasteiger partial charge in [-0.15, -0.1) is 0 Å². The summed E-state index contributed by atoms with van der Waals surface area (Å²) in [4.78, 5) is 15.8. The highest BCUT2D eigenvalue weighted by molar-refractivity contribution is 5.88. The number of carbonyl (C=O) groups is 1. The zero-order valence-electron chi connectivity index (χ0n) is 13.7. The number of carboxylic acid groups (broad SMARTS) is 1. The molecule has 0 bridgehead atoms. The molecule has 1 N–H and O–H groups in total. The summed E-state index contributed by atoms with van der Waals surface area (Å²) in [5, 5.41) is 14.0. The Kier molecular flexibility index (Phi) is 3.43. The Morgan fingerprint density at radius 1 is 1.17 bits per heavy atom. The summed E-state index contributed by atoms with van der Waals surface area (Å²) in [5.41, 5.74) is 3.88. The van der Waals surface area contributed by atoms with Gasteiger partial charge in [0.15, 0.2) is 11.3 Å². The van der Waals surface area contributed by atoms with Crippen molar-refractivity contribution in [2.45, 2.75) is 33.1 Å². The van der Waals surface area contributed by atoms with E-state index in [2.05, 4.69) is 10.1 Å². The first-order valence-corrected chi connectivity index (χ1v) is 7.48. The molecule has 0 atom stereocenters. The van der Waals surface area contributed by atoms with Crippen molar-refractivity contribution in [1.29, 1.82) is 0 Å². The van der Waals surface area contributed by atoms with Crippen LogP contribution in [-0.4, -0.2) is 25.7 Å². The third-order valence-electron chi connectivity index (χ3n) is 3.81. The SMILES string of the molecule is Cc1nn2c(C(C)(C)C)cc(C(=O)O)nc2c1-c1ccccc1. The molecule has 0 aliphatic carbocycles. The van der Waals surface area contributed by atoms with Crippen molar-refractivity contribution in [1.82, 2.24) is 14.6 Å². The zero-order chi connectivity index (χ0) is 16.8. The summed E-state index contributed by atoms with van der Waals surface area (Å²) in [6.45, 7) is 8.02. The highest BCUT2D eigenvalue weighted by Crippen LogP contribution is 2.31. The molecule has 2 heterocycles. The summed E-state index contributed by atoms with van der Waals surface area (Å²) in [6.07, 6.45) is 0. The lowest BCUT2D eigenvalue weighted by Crippen LogP contribution is -2.19. The average molecular weight is 309 g/mol. The van der Waals surface area contributed by atoms with E-state index in [1.54, 1.807) is 10.6 Å². The van der Waals surface area contributed by atoms with Gasteiger partial charge in [-0.05, 0) is 18.6 Å². The fraction of sp³-hybridized carbons (Fsp3) is 0.278. The fourth-order valence-corrected chi connectivity index (χ4v) is 2.71. The Morgan fingerprint density at radius 2 is 1.83 bits per heavy atom. The van der Waals surface area contributed by atoms with Crippen molar-refractivity contribution in [3.05, 3.63) is 53.5 Å². The normalized spacial score (nSPS) is 11.8.